The first-order valence-electron chi connectivity index (χ1n) is 12.1. The van der Waals surface area contributed by atoms with Crippen LogP contribution < -0.4 is 10.0 Å². The molecule has 4 rings (SSSR count). The molecule has 1 aromatic carbocycles. The van der Waals surface area contributed by atoms with E-state index in [0.717, 1.165) is 32.2 Å². The first-order valence-corrected chi connectivity index (χ1v) is 13.6. The largest absolute Gasteiger partial charge is 0.356 e. The van der Waals surface area contributed by atoms with Crippen LogP contribution in [0.15, 0.2) is 35.2 Å². The standard InChI is InChI=1S/C24H37N3O3S/c28-24(25-18-21-7-6-16-27-15-5-4-10-23(21)27)20-13-11-19(12-14-20)17-26-31(29,30)22-8-2-1-3-9-22/h1-3,8-9,19-21,23,26H,4-7,10-18H2,(H,25,28)/t19?,20?,21-,23+/m1/s1. The van der Waals surface area contributed by atoms with Crippen LogP contribution in [-0.4, -0.2) is 51.4 Å². The van der Waals surface area contributed by atoms with Crippen molar-refractivity contribution in [3.8, 4) is 0 Å². The van der Waals surface area contributed by atoms with Gasteiger partial charge in [0.1, 0.15) is 0 Å². The van der Waals surface area contributed by atoms with E-state index in [0.29, 0.717) is 29.3 Å². The van der Waals surface area contributed by atoms with E-state index >= 15 is 0 Å². The third-order valence-corrected chi connectivity index (χ3v) is 9.04. The second kappa shape index (κ2) is 10.5. The van der Waals surface area contributed by atoms with Gasteiger partial charge < -0.3 is 10.2 Å². The van der Waals surface area contributed by atoms with Gasteiger partial charge in [0.15, 0.2) is 0 Å². The van der Waals surface area contributed by atoms with Gasteiger partial charge in [0.2, 0.25) is 15.9 Å². The number of benzene rings is 1. The average molecular weight is 448 g/mol. The third-order valence-electron chi connectivity index (χ3n) is 7.60. The van der Waals surface area contributed by atoms with Crippen molar-refractivity contribution in [2.24, 2.45) is 17.8 Å². The van der Waals surface area contributed by atoms with Crippen LogP contribution in [0.3, 0.4) is 0 Å². The molecule has 1 aliphatic carbocycles. The molecule has 31 heavy (non-hydrogen) atoms. The van der Waals surface area contributed by atoms with Gasteiger partial charge in [-0.25, -0.2) is 13.1 Å². The van der Waals surface area contributed by atoms with Gasteiger partial charge in [0.25, 0.3) is 0 Å². The summed E-state index contributed by atoms with van der Waals surface area (Å²) in [5.41, 5.74) is 0. The predicted octanol–water partition coefficient (Wildman–Crippen LogP) is 3.15. The van der Waals surface area contributed by atoms with Crippen molar-refractivity contribution in [3.63, 3.8) is 0 Å². The van der Waals surface area contributed by atoms with Gasteiger partial charge in [0.05, 0.1) is 4.90 Å². The molecule has 1 aromatic rings. The molecule has 172 valence electrons. The van der Waals surface area contributed by atoms with Gasteiger partial charge in [-0.2, -0.15) is 0 Å². The highest BCUT2D eigenvalue weighted by Crippen LogP contribution is 2.31. The lowest BCUT2D eigenvalue weighted by Crippen LogP contribution is -2.51. The number of nitrogens with zero attached hydrogens (tertiary/aromatic N) is 1. The van der Waals surface area contributed by atoms with E-state index in [1.54, 1.807) is 24.3 Å². The van der Waals surface area contributed by atoms with E-state index in [4.69, 9.17) is 0 Å². The Morgan fingerprint density at radius 2 is 1.65 bits per heavy atom. The van der Waals surface area contributed by atoms with Crippen molar-refractivity contribution >= 4 is 15.9 Å². The molecule has 2 saturated heterocycles. The van der Waals surface area contributed by atoms with Gasteiger partial charge in [0, 0.05) is 25.0 Å². The molecule has 0 spiro atoms. The number of hydrogen-bond acceptors (Lipinski definition) is 4. The van der Waals surface area contributed by atoms with E-state index in [9.17, 15) is 13.2 Å². The fraction of sp³-hybridized carbons (Fsp3) is 0.708. The zero-order chi connectivity index (χ0) is 21.7. The molecular weight excluding hydrogens is 410 g/mol. The minimum absolute atomic E-state index is 0.0769. The van der Waals surface area contributed by atoms with E-state index in [1.165, 1.54) is 45.2 Å². The zero-order valence-corrected chi connectivity index (χ0v) is 19.3. The van der Waals surface area contributed by atoms with Crippen molar-refractivity contribution < 1.29 is 13.2 Å². The fourth-order valence-corrected chi connectivity index (χ4v) is 6.87. The molecule has 7 heteroatoms. The Kier molecular flexibility index (Phi) is 7.67. The Hall–Kier alpha value is -1.44. The Morgan fingerprint density at radius 1 is 0.903 bits per heavy atom. The molecule has 0 radical (unpaired) electrons. The van der Waals surface area contributed by atoms with Crippen molar-refractivity contribution in [2.75, 3.05) is 26.2 Å². The maximum Gasteiger partial charge on any atom is 0.240 e. The van der Waals surface area contributed by atoms with Crippen molar-refractivity contribution in [1.82, 2.24) is 14.9 Å². The number of sulfonamides is 1. The summed E-state index contributed by atoms with van der Waals surface area (Å²) in [6, 6.07) is 9.17. The summed E-state index contributed by atoms with van der Waals surface area (Å²) in [7, 11) is -3.45. The van der Waals surface area contributed by atoms with Crippen LogP contribution in [0.2, 0.25) is 0 Å². The third kappa shape index (κ3) is 5.88. The summed E-state index contributed by atoms with van der Waals surface area (Å²) in [5.74, 6) is 1.18. The maximum absolute atomic E-state index is 12.8. The van der Waals surface area contributed by atoms with E-state index < -0.39 is 10.0 Å². The molecule has 2 aliphatic heterocycles. The molecule has 3 aliphatic rings. The monoisotopic (exact) mass is 447 g/mol. The lowest BCUT2D eigenvalue weighted by atomic mass is 9.81. The average Bonchev–Trinajstić information content (AvgIpc) is 2.82. The van der Waals surface area contributed by atoms with E-state index in [1.807, 2.05) is 6.07 Å². The van der Waals surface area contributed by atoms with Crippen LogP contribution in [0, 0.1) is 17.8 Å². The van der Waals surface area contributed by atoms with E-state index in [2.05, 4.69) is 14.9 Å². The molecule has 0 aromatic heterocycles. The molecule has 6 nitrogen and oxygen atoms in total. The molecule has 0 bridgehead atoms. The fourth-order valence-electron chi connectivity index (χ4n) is 5.73. The molecule has 2 N–H and O–H groups in total. The van der Waals surface area contributed by atoms with Gasteiger partial charge >= 0.3 is 0 Å². The smallest absolute Gasteiger partial charge is 0.240 e. The molecule has 2 atom stereocenters. The number of fused-ring (bicyclic) bond motifs is 1. The summed E-state index contributed by atoms with van der Waals surface area (Å²) < 4.78 is 27.6. The second-order valence-corrected chi connectivity index (χ2v) is 11.4. The minimum atomic E-state index is -3.45. The van der Waals surface area contributed by atoms with Crippen LogP contribution in [0.1, 0.15) is 57.8 Å². The van der Waals surface area contributed by atoms with E-state index in [-0.39, 0.29) is 11.8 Å². The van der Waals surface area contributed by atoms with Crippen LogP contribution in [0.4, 0.5) is 0 Å². The van der Waals surface area contributed by atoms with Crippen molar-refractivity contribution in [3.05, 3.63) is 30.3 Å². The van der Waals surface area contributed by atoms with Crippen LogP contribution in [0.25, 0.3) is 0 Å². The summed E-state index contributed by atoms with van der Waals surface area (Å²) in [6.07, 6.45) is 9.91. The summed E-state index contributed by atoms with van der Waals surface area (Å²) in [5, 5.41) is 3.27. The highest BCUT2D eigenvalue weighted by Gasteiger charge is 2.34. The number of carbonyl (C=O) groups is 1. The summed E-state index contributed by atoms with van der Waals surface area (Å²) in [6.45, 7) is 3.72. The molecule has 2 heterocycles. The molecule has 3 fully saturated rings. The highest BCUT2D eigenvalue weighted by molar-refractivity contribution is 7.89. The van der Waals surface area contributed by atoms with Gasteiger partial charge in [-0.15, -0.1) is 0 Å². The predicted molar refractivity (Wildman–Crippen MR) is 122 cm³/mol. The summed E-state index contributed by atoms with van der Waals surface area (Å²) >= 11 is 0. The number of nitrogens with one attached hydrogen (secondary N) is 2. The number of carbonyl (C=O) groups excluding carboxylic acids is 1. The minimum Gasteiger partial charge on any atom is -0.356 e. The number of piperidine rings is 2. The van der Waals surface area contributed by atoms with Crippen molar-refractivity contribution in [2.45, 2.75) is 68.7 Å². The van der Waals surface area contributed by atoms with Crippen LogP contribution in [-0.2, 0) is 14.8 Å². The van der Waals surface area contributed by atoms with Gasteiger partial charge in [-0.1, -0.05) is 24.6 Å². The summed E-state index contributed by atoms with van der Waals surface area (Å²) in [4.78, 5) is 15.7. The quantitative estimate of drug-likeness (QED) is 0.673. The Labute approximate surface area is 187 Å². The SMILES string of the molecule is O=C(NC[C@H]1CCCN2CCCC[C@@H]12)C1CCC(CNS(=O)(=O)c2ccccc2)CC1. The molecule has 1 saturated carbocycles. The van der Waals surface area contributed by atoms with Gasteiger partial charge in [-0.3, -0.25) is 4.79 Å². The lowest BCUT2D eigenvalue weighted by Gasteiger charge is -2.44. The molecular formula is C24H37N3O3S. The maximum atomic E-state index is 12.8. The Bertz CT molecular complexity index is 820. The number of hydrogen-bond donors (Lipinski definition) is 2. The zero-order valence-electron chi connectivity index (χ0n) is 18.5. The normalized spacial score (nSPS) is 29.8. The van der Waals surface area contributed by atoms with Gasteiger partial charge in [-0.05, 0) is 88.4 Å². The topological polar surface area (TPSA) is 78.5 Å². The van der Waals surface area contributed by atoms with Crippen LogP contribution >= 0.6 is 0 Å². The molecule has 0 unspecified atom stereocenters. The van der Waals surface area contributed by atoms with Crippen molar-refractivity contribution in [1.29, 1.82) is 0 Å². The Morgan fingerprint density at radius 3 is 2.42 bits per heavy atom. The second-order valence-electron chi connectivity index (χ2n) is 9.63. The number of amides is 1. The van der Waals surface area contributed by atoms with Crippen LogP contribution in [0.5, 0.6) is 0 Å². The Balaban J connectivity index is 1.18. The molecule has 1 amide bonds. The first kappa shape index (κ1) is 22.7. The first-order chi connectivity index (χ1) is 15.0. The number of rotatable bonds is 7. The highest BCUT2D eigenvalue weighted by atomic mass is 32.2. The lowest BCUT2D eigenvalue weighted by molar-refractivity contribution is -0.126.